The Bertz CT molecular complexity index is 1070. The zero-order valence-corrected chi connectivity index (χ0v) is 14.4. The molecule has 0 atom stereocenters. The van der Waals surface area contributed by atoms with Crippen molar-refractivity contribution in [3.63, 3.8) is 0 Å². The van der Waals surface area contributed by atoms with Crippen LogP contribution in [-0.4, -0.2) is 26.0 Å². The van der Waals surface area contributed by atoms with E-state index in [-0.39, 0.29) is 0 Å². The SMILES string of the molecule is CCc1ncnc(-c2ccc(F)c(C(=O)O)c2)c1C#Cc1ccc(N)nc1. The fourth-order valence-corrected chi connectivity index (χ4v) is 2.49. The first-order valence-corrected chi connectivity index (χ1v) is 8.10. The molecule has 0 saturated carbocycles. The number of hydrogen-bond donors (Lipinski definition) is 2. The second kappa shape index (κ2) is 7.62. The van der Waals surface area contributed by atoms with E-state index in [0.717, 1.165) is 6.07 Å². The van der Waals surface area contributed by atoms with Gasteiger partial charge in [-0.15, -0.1) is 0 Å². The number of aryl methyl sites for hydroxylation is 1. The first kappa shape index (κ1) is 18.0. The number of nitrogens with zero attached hydrogens (tertiary/aromatic N) is 3. The van der Waals surface area contributed by atoms with Gasteiger partial charge in [0.2, 0.25) is 0 Å². The lowest BCUT2D eigenvalue weighted by Crippen LogP contribution is -2.03. The van der Waals surface area contributed by atoms with Gasteiger partial charge in [-0.2, -0.15) is 0 Å². The number of halogens is 1. The van der Waals surface area contributed by atoms with E-state index in [9.17, 15) is 9.18 Å². The summed E-state index contributed by atoms with van der Waals surface area (Å²) in [6.45, 7) is 1.93. The molecular formula is C20H15FN4O2. The summed E-state index contributed by atoms with van der Waals surface area (Å²) < 4.78 is 13.7. The Balaban J connectivity index is 2.14. The van der Waals surface area contributed by atoms with Gasteiger partial charge in [0.15, 0.2) is 0 Å². The molecule has 3 N–H and O–H groups in total. The molecule has 3 aromatic rings. The highest BCUT2D eigenvalue weighted by Crippen LogP contribution is 2.25. The molecule has 0 aliphatic rings. The van der Waals surface area contributed by atoms with Crippen molar-refractivity contribution >= 4 is 11.8 Å². The summed E-state index contributed by atoms with van der Waals surface area (Å²) in [5.74, 6) is 4.25. The molecule has 1 aromatic carbocycles. The van der Waals surface area contributed by atoms with Crippen LogP contribution in [0.2, 0.25) is 0 Å². The van der Waals surface area contributed by atoms with E-state index >= 15 is 0 Å². The van der Waals surface area contributed by atoms with Gasteiger partial charge >= 0.3 is 5.97 Å². The number of rotatable bonds is 3. The number of carboxylic acids is 1. The maximum Gasteiger partial charge on any atom is 0.338 e. The molecule has 2 aromatic heterocycles. The Labute approximate surface area is 154 Å². The Morgan fingerprint density at radius 1 is 1.19 bits per heavy atom. The molecule has 0 aliphatic carbocycles. The Kier molecular flexibility index (Phi) is 5.08. The van der Waals surface area contributed by atoms with Crippen LogP contribution >= 0.6 is 0 Å². The molecule has 2 heterocycles. The van der Waals surface area contributed by atoms with E-state index in [1.54, 1.807) is 18.3 Å². The van der Waals surface area contributed by atoms with Crippen LogP contribution < -0.4 is 5.73 Å². The minimum Gasteiger partial charge on any atom is -0.478 e. The van der Waals surface area contributed by atoms with Crippen LogP contribution in [0.1, 0.15) is 34.1 Å². The average molecular weight is 362 g/mol. The second-order valence-electron chi connectivity index (χ2n) is 5.62. The minimum absolute atomic E-state index is 0.394. The third-order valence-electron chi connectivity index (χ3n) is 3.85. The van der Waals surface area contributed by atoms with Crippen LogP contribution in [0.15, 0.2) is 42.9 Å². The lowest BCUT2D eigenvalue weighted by Gasteiger charge is -2.08. The topological polar surface area (TPSA) is 102 Å². The lowest BCUT2D eigenvalue weighted by atomic mass is 10.0. The summed E-state index contributed by atoms with van der Waals surface area (Å²) in [6, 6.07) is 7.21. The third-order valence-corrected chi connectivity index (χ3v) is 3.85. The number of anilines is 1. The second-order valence-corrected chi connectivity index (χ2v) is 5.62. The van der Waals surface area contributed by atoms with Crippen molar-refractivity contribution in [1.29, 1.82) is 0 Å². The van der Waals surface area contributed by atoms with Crippen molar-refractivity contribution in [3.8, 4) is 23.1 Å². The molecule has 0 unspecified atom stereocenters. The van der Waals surface area contributed by atoms with Gasteiger partial charge in [-0.1, -0.05) is 18.8 Å². The fraction of sp³-hybridized carbons (Fsp3) is 0.100. The zero-order valence-electron chi connectivity index (χ0n) is 14.4. The number of carbonyl (C=O) groups is 1. The largest absolute Gasteiger partial charge is 0.478 e. The number of benzene rings is 1. The van der Waals surface area contributed by atoms with E-state index in [1.165, 1.54) is 18.5 Å². The summed E-state index contributed by atoms with van der Waals surface area (Å²) in [5.41, 5.74) is 7.96. The summed E-state index contributed by atoms with van der Waals surface area (Å²) in [6.07, 6.45) is 3.54. The van der Waals surface area contributed by atoms with Gasteiger partial charge in [0.25, 0.3) is 0 Å². The van der Waals surface area contributed by atoms with Crippen LogP contribution in [0.4, 0.5) is 10.2 Å². The maximum absolute atomic E-state index is 13.7. The monoisotopic (exact) mass is 362 g/mol. The number of nitrogen functional groups attached to an aromatic ring is 1. The number of aromatic nitrogens is 3. The van der Waals surface area contributed by atoms with Gasteiger partial charge in [-0.05, 0) is 36.8 Å². The first-order chi connectivity index (χ1) is 13.0. The summed E-state index contributed by atoms with van der Waals surface area (Å²) in [5, 5.41) is 9.16. The van der Waals surface area contributed by atoms with Gasteiger partial charge < -0.3 is 10.8 Å². The molecule has 0 aliphatic heterocycles. The van der Waals surface area contributed by atoms with Gasteiger partial charge in [0.1, 0.15) is 18.0 Å². The van der Waals surface area contributed by atoms with Crippen molar-refractivity contribution < 1.29 is 14.3 Å². The number of hydrogen-bond acceptors (Lipinski definition) is 5. The maximum atomic E-state index is 13.7. The van der Waals surface area contributed by atoms with Crippen LogP contribution in [0, 0.1) is 17.7 Å². The van der Waals surface area contributed by atoms with E-state index in [2.05, 4.69) is 26.8 Å². The zero-order chi connectivity index (χ0) is 19.4. The minimum atomic E-state index is -1.35. The number of aromatic carboxylic acids is 1. The number of nitrogens with two attached hydrogens (primary N) is 1. The Morgan fingerprint density at radius 2 is 2.00 bits per heavy atom. The Hall–Kier alpha value is -3.79. The number of carboxylic acid groups (broad SMARTS) is 1. The van der Waals surface area contributed by atoms with E-state index in [1.807, 2.05) is 6.92 Å². The summed E-state index contributed by atoms with van der Waals surface area (Å²) in [7, 11) is 0. The molecule has 0 fully saturated rings. The molecule has 3 rings (SSSR count). The highest BCUT2D eigenvalue weighted by atomic mass is 19.1. The van der Waals surface area contributed by atoms with Crippen LogP contribution in [0.5, 0.6) is 0 Å². The molecule has 27 heavy (non-hydrogen) atoms. The van der Waals surface area contributed by atoms with Crippen molar-refractivity contribution in [3.05, 3.63) is 71.1 Å². The molecule has 0 radical (unpaired) electrons. The predicted octanol–water partition coefficient (Wildman–Crippen LogP) is 2.92. The normalized spacial score (nSPS) is 10.1. The molecule has 7 heteroatoms. The molecule has 134 valence electrons. The average Bonchev–Trinajstić information content (AvgIpc) is 2.67. The predicted molar refractivity (Wildman–Crippen MR) is 98.4 cm³/mol. The molecular weight excluding hydrogens is 347 g/mol. The van der Waals surface area contributed by atoms with Crippen LogP contribution in [0.3, 0.4) is 0 Å². The first-order valence-electron chi connectivity index (χ1n) is 8.10. The van der Waals surface area contributed by atoms with E-state index in [0.29, 0.717) is 40.3 Å². The summed E-state index contributed by atoms with van der Waals surface area (Å²) >= 11 is 0. The Morgan fingerprint density at radius 3 is 2.67 bits per heavy atom. The van der Waals surface area contributed by atoms with Crippen molar-refractivity contribution in [2.24, 2.45) is 0 Å². The van der Waals surface area contributed by atoms with Crippen LogP contribution in [-0.2, 0) is 6.42 Å². The van der Waals surface area contributed by atoms with Gasteiger partial charge in [0, 0.05) is 17.3 Å². The molecule has 0 amide bonds. The molecule has 0 saturated heterocycles. The van der Waals surface area contributed by atoms with Crippen molar-refractivity contribution in [2.75, 3.05) is 5.73 Å². The lowest BCUT2D eigenvalue weighted by molar-refractivity contribution is 0.0692. The quantitative estimate of drug-likeness (QED) is 0.695. The molecule has 0 bridgehead atoms. The molecule has 0 spiro atoms. The third kappa shape index (κ3) is 3.90. The van der Waals surface area contributed by atoms with Gasteiger partial charge in [-0.25, -0.2) is 24.1 Å². The highest BCUT2D eigenvalue weighted by Gasteiger charge is 2.15. The van der Waals surface area contributed by atoms with E-state index in [4.69, 9.17) is 10.8 Å². The molecule has 6 nitrogen and oxygen atoms in total. The van der Waals surface area contributed by atoms with Crippen LogP contribution in [0.25, 0.3) is 11.3 Å². The van der Waals surface area contributed by atoms with Crippen molar-refractivity contribution in [2.45, 2.75) is 13.3 Å². The van der Waals surface area contributed by atoms with E-state index < -0.39 is 17.3 Å². The standard InChI is InChI=1S/C20H15FN4O2/c1-2-17-14(6-3-12-4-8-18(22)23-10-12)19(25-11-24-17)13-5-7-16(21)15(9-13)20(26)27/h4-5,7-11H,2H2,1H3,(H2,22,23)(H,26,27). The van der Waals surface area contributed by atoms with Gasteiger partial charge in [0.05, 0.1) is 22.5 Å². The van der Waals surface area contributed by atoms with Gasteiger partial charge in [-0.3, -0.25) is 0 Å². The summed E-state index contributed by atoms with van der Waals surface area (Å²) in [4.78, 5) is 23.7. The number of pyridine rings is 1. The van der Waals surface area contributed by atoms with Crippen molar-refractivity contribution in [1.82, 2.24) is 15.0 Å². The highest BCUT2D eigenvalue weighted by molar-refractivity contribution is 5.90. The smallest absolute Gasteiger partial charge is 0.338 e. The fourth-order valence-electron chi connectivity index (χ4n) is 2.49.